The van der Waals surface area contributed by atoms with Gasteiger partial charge in [-0.2, -0.15) is 13.2 Å². The number of halogens is 6. The normalized spacial score (nSPS) is 13.1. The molecule has 0 spiro atoms. The lowest BCUT2D eigenvalue weighted by atomic mass is 9.99. The third-order valence-electron chi connectivity index (χ3n) is 2.06. The Balaban J connectivity index is 0.00000256. The number of hydrogen-bond acceptors (Lipinski definition) is 2. The highest BCUT2D eigenvalue weighted by Crippen LogP contribution is 2.37. The van der Waals surface area contributed by atoms with E-state index < -0.39 is 34.2 Å². The first-order valence-electron chi connectivity index (χ1n) is 4.29. The van der Waals surface area contributed by atoms with Crippen molar-refractivity contribution in [3.63, 3.8) is 0 Å². The Morgan fingerprint density at radius 3 is 2.24 bits per heavy atom. The molecule has 1 aromatic rings. The lowest BCUT2D eigenvalue weighted by molar-refractivity contribution is -0.138. The van der Waals surface area contributed by atoms with Crippen LogP contribution in [0.15, 0.2) is 12.1 Å². The van der Waals surface area contributed by atoms with Gasteiger partial charge in [0.1, 0.15) is 5.82 Å². The van der Waals surface area contributed by atoms with Crippen LogP contribution < -0.4 is 11.5 Å². The van der Waals surface area contributed by atoms with Gasteiger partial charge in [-0.3, -0.25) is 0 Å². The van der Waals surface area contributed by atoms with Gasteiger partial charge in [-0.05, 0) is 12.1 Å². The van der Waals surface area contributed by atoms with Gasteiger partial charge < -0.3 is 11.5 Å². The molecule has 0 saturated heterocycles. The zero-order valence-electron chi connectivity index (χ0n) is 8.39. The molecule has 1 aromatic carbocycles. The van der Waals surface area contributed by atoms with Crippen LogP contribution in [0.1, 0.15) is 17.2 Å². The maximum atomic E-state index is 13.5. The van der Waals surface area contributed by atoms with Crippen molar-refractivity contribution < 1.29 is 17.6 Å². The second-order valence-corrected chi connectivity index (χ2v) is 3.57. The van der Waals surface area contributed by atoms with E-state index in [1.165, 1.54) is 0 Å². The van der Waals surface area contributed by atoms with E-state index in [-0.39, 0.29) is 19.0 Å². The standard InChI is InChI=1S/C9H9ClF4N2.ClH/c10-5-2-1-4(9(12,13)14)7(8(5)11)6(16)3-15;/h1-2,6H,3,15-16H2;1H/t6-;/m1./s1. The second kappa shape index (κ2) is 5.86. The molecule has 0 amide bonds. The lowest BCUT2D eigenvalue weighted by Gasteiger charge is -2.18. The molecule has 1 atom stereocenters. The Morgan fingerprint density at radius 2 is 1.82 bits per heavy atom. The Bertz CT molecular complexity index is 395. The van der Waals surface area contributed by atoms with Gasteiger partial charge in [0.15, 0.2) is 0 Å². The van der Waals surface area contributed by atoms with Crippen LogP contribution in [0.25, 0.3) is 0 Å². The monoisotopic (exact) mass is 292 g/mol. The van der Waals surface area contributed by atoms with E-state index in [1.54, 1.807) is 0 Å². The van der Waals surface area contributed by atoms with Crippen molar-refractivity contribution in [2.24, 2.45) is 11.5 Å². The number of nitrogens with two attached hydrogens (primary N) is 2. The molecule has 98 valence electrons. The summed E-state index contributed by atoms with van der Waals surface area (Å²) >= 11 is 5.40. The van der Waals surface area contributed by atoms with Gasteiger partial charge in [-0.25, -0.2) is 4.39 Å². The number of rotatable bonds is 2. The van der Waals surface area contributed by atoms with Gasteiger partial charge in [0.2, 0.25) is 0 Å². The first-order chi connectivity index (χ1) is 7.29. The van der Waals surface area contributed by atoms with Gasteiger partial charge in [0.05, 0.1) is 10.6 Å². The van der Waals surface area contributed by atoms with E-state index in [2.05, 4.69) is 0 Å². The van der Waals surface area contributed by atoms with Crippen LogP contribution in [-0.4, -0.2) is 6.54 Å². The van der Waals surface area contributed by atoms with Crippen molar-refractivity contribution in [2.45, 2.75) is 12.2 Å². The quantitative estimate of drug-likeness (QED) is 0.824. The summed E-state index contributed by atoms with van der Waals surface area (Å²) in [5.41, 5.74) is 8.63. The molecule has 4 N–H and O–H groups in total. The van der Waals surface area contributed by atoms with E-state index in [9.17, 15) is 17.6 Å². The fraction of sp³-hybridized carbons (Fsp3) is 0.333. The second-order valence-electron chi connectivity index (χ2n) is 3.16. The Hall–Kier alpha value is -0.560. The fourth-order valence-electron chi connectivity index (χ4n) is 1.29. The van der Waals surface area contributed by atoms with Crippen LogP contribution >= 0.6 is 24.0 Å². The summed E-state index contributed by atoms with van der Waals surface area (Å²) in [5.74, 6) is -1.17. The topological polar surface area (TPSA) is 52.0 Å². The predicted molar refractivity (Wildman–Crippen MR) is 59.6 cm³/mol. The van der Waals surface area contributed by atoms with Crippen LogP contribution in [0.3, 0.4) is 0 Å². The first kappa shape index (κ1) is 16.4. The Labute approximate surface area is 106 Å². The summed E-state index contributed by atoms with van der Waals surface area (Å²) in [6.07, 6.45) is -4.69. The van der Waals surface area contributed by atoms with E-state index in [0.29, 0.717) is 6.07 Å². The molecular weight excluding hydrogens is 283 g/mol. The largest absolute Gasteiger partial charge is 0.416 e. The summed E-state index contributed by atoms with van der Waals surface area (Å²) in [6, 6.07) is 0.290. The molecule has 8 heteroatoms. The molecule has 0 aliphatic rings. The highest BCUT2D eigenvalue weighted by molar-refractivity contribution is 6.30. The molecule has 0 aliphatic heterocycles. The van der Waals surface area contributed by atoms with E-state index in [0.717, 1.165) is 6.07 Å². The number of hydrogen-bond donors (Lipinski definition) is 2. The minimum Gasteiger partial charge on any atom is -0.329 e. The molecule has 0 saturated carbocycles. The van der Waals surface area contributed by atoms with Crippen LogP contribution in [0.4, 0.5) is 17.6 Å². The van der Waals surface area contributed by atoms with Crippen LogP contribution in [0, 0.1) is 5.82 Å². The van der Waals surface area contributed by atoms with E-state index >= 15 is 0 Å². The average Bonchev–Trinajstić information content (AvgIpc) is 2.19. The summed E-state index contributed by atoms with van der Waals surface area (Å²) in [7, 11) is 0. The molecule has 0 bridgehead atoms. The van der Waals surface area contributed by atoms with Crippen molar-refractivity contribution in [1.29, 1.82) is 0 Å². The minimum absolute atomic E-state index is 0. The van der Waals surface area contributed by atoms with Crippen LogP contribution in [0.2, 0.25) is 5.02 Å². The fourth-order valence-corrected chi connectivity index (χ4v) is 1.46. The van der Waals surface area contributed by atoms with Crippen molar-refractivity contribution in [1.82, 2.24) is 0 Å². The molecule has 0 heterocycles. The molecule has 0 aromatic heterocycles. The number of alkyl halides is 3. The molecule has 0 radical (unpaired) electrons. The zero-order chi connectivity index (χ0) is 12.5. The highest BCUT2D eigenvalue weighted by Gasteiger charge is 2.36. The predicted octanol–water partition coefficient (Wildman–Crippen LogP) is 2.88. The third kappa shape index (κ3) is 3.45. The molecule has 2 nitrogen and oxygen atoms in total. The smallest absolute Gasteiger partial charge is 0.329 e. The van der Waals surface area contributed by atoms with Crippen molar-refractivity contribution >= 4 is 24.0 Å². The molecule has 0 fully saturated rings. The SMILES string of the molecule is Cl.NC[C@@H](N)c1c(C(F)(F)F)ccc(Cl)c1F. The summed E-state index contributed by atoms with van der Waals surface area (Å²) < 4.78 is 51.1. The van der Waals surface area contributed by atoms with Crippen LogP contribution in [0.5, 0.6) is 0 Å². The van der Waals surface area contributed by atoms with Gasteiger partial charge in [-0.15, -0.1) is 12.4 Å². The molecule has 1 rings (SSSR count). The van der Waals surface area contributed by atoms with Gasteiger partial charge in [0.25, 0.3) is 0 Å². The summed E-state index contributed by atoms with van der Waals surface area (Å²) in [4.78, 5) is 0. The van der Waals surface area contributed by atoms with Crippen molar-refractivity contribution in [3.8, 4) is 0 Å². The highest BCUT2D eigenvalue weighted by atomic mass is 35.5. The van der Waals surface area contributed by atoms with E-state index in [1.807, 2.05) is 0 Å². The molecule has 0 unspecified atom stereocenters. The van der Waals surface area contributed by atoms with Crippen LogP contribution in [-0.2, 0) is 6.18 Å². The summed E-state index contributed by atoms with van der Waals surface area (Å²) in [5, 5.41) is -0.410. The first-order valence-corrected chi connectivity index (χ1v) is 4.67. The van der Waals surface area contributed by atoms with Crippen molar-refractivity contribution in [2.75, 3.05) is 6.54 Å². The Morgan fingerprint density at radius 1 is 1.29 bits per heavy atom. The Kier molecular flexibility index (Phi) is 5.67. The van der Waals surface area contributed by atoms with Crippen molar-refractivity contribution in [3.05, 3.63) is 34.1 Å². The maximum Gasteiger partial charge on any atom is 0.416 e. The third-order valence-corrected chi connectivity index (χ3v) is 2.35. The maximum absolute atomic E-state index is 13.5. The molecule has 17 heavy (non-hydrogen) atoms. The van der Waals surface area contributed by atoms with Gasteiger partial charge in [0, 0.05) is 18.2 Å². The van der Waals surface area contributed by atoms with Gasteiger partial charge in [-0.1, -0.05) is 11.6 Å². The van der Waals surface area contributed by atoms with Gasteiger partial charge >= 0.3 is 6.18 Å². The van der Waals surface area contributed by atoms with E-state index in [4.69, 9.17) is 23.1 Å². The molecular formula is C9H10Cl2F4N2. The number of benzene rings is 1. The zero-order valence-corrected chi connectivity index (χ0v) is 9.96. The summed E-state index contributed by atoms with van der Waals surface area (Å²) in [6.45, 7) is -0.305. The molecule has 0 aliphatic carbocycles. The lowest BCUT2D eigenvalue weighted by Crippen LogP contribution is -2.25. The minimum atomic E-state index is -4.69. The average molecular weight is 293 g/mol.